The number of nitrogens with zero attached hydrogens (tertiary/aromatic N) is 4. The smallest absolute Gasteiger partial charge is 0.154 e. The molecule has 142 valence electrons. The van der Waals surface area contributed by atoms with Gasteiger partial charge < -0.3 is 10.8 Å². The summed E-state index contributed by atoms with van der Waals surface area (Å²) in [5.41, 5.74) is 9.85. The predicted octanol–water partition coefficient (Wildman–Crippen LogP) is 3.77. The SMILES string of the molecule is [2H][C@](N)(CCC)c1cccc(-c2ccc3cnn(-c4cccc(CO)n4)c3c2)n1. The average molecular weight is 374 g/mol. The first-order valence-electron chi connectivity index (χ1n) is 9.83. The largest absolute Gasteiger partial charge is 0.390 e. The molecule has 0 spiro atoms. The van der Waals surface area contributed by atoms with Gasteiger partial charge in [-0.3, -0.25) is 4.98 Å². The van der Waals surface area contributed by atoms with Crippen LogP contribution >= 0.6 is 0 Å². The van der Waals surface area contributed by atoms with Crippen LogP contribution in [0, 0.1) is 0 Å². The van der Waals surface area contributed by atoms with E-state index < -0.39 is 6.02 Å². The van der Waals surface area contributed by atoms with E-state index in [1.807, 2.05) is 49.4 Å². The summed E-state index contributed by atoms with van der Waals surface area (Å²) < 4.78 is 10.1. The maximum atomic E-state index is 9.37. The summed E-state index contributed by atoms with van der Waals surface area (Å²) in [4.78, 5) is 9.11. The molecule has 1 atom stereocenters. The molecule has 0 radical (unpaired) electrons. The third kappa shape index (κ3) is 3.52. The number of fused-ring (bicyclic) bond motifs is 1. The Kier molecular flexibility index (Phi) is 4.79. The van der Waals surface area contributed by atoms with Gasteiger partial charge in [0.2, 0.25) is 0 Å². The molecule has 0 aliphatic carbocycles. The normalized spacial score (nSPS) is 14.0. The molecule has 0 bridgehead atoms. The first-order chi connectivity index (χ1) is 14.0. The van der Waals surface area contributed by atoms with Crippen LogP contribution in [0.3, 0.4) is 0 Å². The zero-order valence-corrected chi connectivity index (χ0v) is 15.7. The van der Waals surface area contributed by atoms with Crippen molar-refractivity contribution in [1.29, 1.82) is 0 Å². The fraction of sp³-hybridized carbons (Fsp3) is 0.227. The molecule has 0 saturated carbocycles. The van der Waals surface area contributed by atoms with Gasteiger partial charge in [0.15, 0.2) is 5.82 Å². The van der Waals surface area contributed by atoms with Gasteiger partial charge in [0.05, 0.1) is 36.8 Å². The van der Waals surface area contributed by atoms with Crippen molar-refractivity contribution >= 4 is 10.9 Å². The van der Waals surface area contributed by atoms with Gasteiger partial charge in [-0.1, -0.05) is 37.6 Å². The Bertz CT molecular complexity index is 1150. The van der Waals surface area contributed by atoms with E-state index in [0.29, 0.717) is 23.6 Å². The van der Waals surface area contributed by atoms with E-state index in [1.54, 1.807) is 23.0 Å². The summed E-state index contributed by atoms with van der Waals surface area (Å²) in [5.74, 6) is 0.639. The zero-order chi connectivity index (χ0) is 20.4. The Hall–Kier alpha value is -3.09. The zero-order valence-electron chi connectivity index (χ0n) is 16.7. The van der Waals surface area contributed by atoms with Gasteiger partial charge in [-0.2, -0.15) is 5.10 Å². The highest BCUT2D eigenvalue weighted by atomic mass is 16.3. The van der Waals surface area contributed by atoms with Crippen LogP contribution in [0.5, 0.6) is 0 Å². The maximum Gasteiger partial charge on any atom is 0.154 e. The quantitative estimate of drug-likeness (QED) is 0.536. The Balaban J connectivity index is 1.78. The molecule has 0 aliphatic heterocycles. The van der Waals surface area contributed by atoms with Gasteiger partial charge >= 0.3 is 0 Å². The number of nitrogens with two attached hydrogens (primary N) is 1. The number of hydrogen-bond donors (Lipinski definition) is 2. The molecule has 28 heavy (non-hydrogen) atoms. The first kappa shape index (κ1) is 17.0. The van der Waals surface area contributed by atoms with Gasteiger partial charge in [0.1, 0.15) is 0 Å². The number of aromatic nitrogens is 4. The number of pyridine rings is 2. The first-order valence-corrected chi connectivity index (χ1v) is 9.33. The second kappa shape index (κ2) is 7.88. The number of rotatable bonds is 6. The van der Waals surface area contributed by atoms with Gasteiger partial charge in [0, 0.05) is 17.0 Å². The van der Waals surface area contributed by atoms with Crippen molar-refractivity contribution in [3.8, 4) is 17.1 Å². The molecular weight excluding hydrogens is 350 g/mol. The minimum absolute atomic E-state index is 0.124. The summed E-state index contributed by atoms with van der Waals surface area (Å²) in [6, 6.07) is 15.8. The van der Waals surface area contributed by atoms with Crippen molar-refractivity contribution in [2.75, 3.05) is 0 Å². The highest BCUT2D eigenvalue weighted by molar-refractivity contribution is 5.84. The third-order valence-electron chi connectivity index (χ3n) is 4.64. The summed E-state index contributed by atoms with van der Waals surface area (Å²) >= 11 is 0. The third-order valence-corrected chi connectivity index (χ3v) is 4.64. The summed E-state index contributed by atoms with van der Waals surface area (Å²) in [7, 11) is 0. The molecule has 6 heteroatoms. The van der Waals surface area contributed by atoms with E-state index >= 15 is 0 Å². The standard InChI is InChI=1S/C22H23N5O/c1-2-5-18(23)20-8-4-7-19(26-20)15-10-11-16-13-24-27(21(16)12-15)22-9-3-6-17(14-28)25-22/h3-4,6-13,18,28H,2,5,14,23H2,1H3/t18-/m0/s1/i18D. The van der Waals surface area contributed by atoms with Gasteiger partial charge in [0.25, 0.3) is 0 Å². The Morgan fingerprint density at radius 2 is 2.00 bits per heavy atom. The molecule has 3 N–H and O–H groups in total. The van der Waals surface area contributed by atoms with Crippen LogP contribution < -0.4 is 5.73 Å². The van der Waals surface area contributed by atoms with Crippen molar-refractivity contribution < 1.29 is 6.48 Å². The molecule has 0 unspecified atom stereocenters. The molecule has 0 saturated heterocycles. The summed E-state index contributed by atoms with van der Waals surface area (Å²) in [6.45, 7) is 1.88. The second-order valence-electron chi connectivity index (χ2n) is 6.66. The van der Waals surface area contributed by atoms with Crippen LogP contribution in [-0.2, 0) is 6.61 Å². The molecule has 3 aromatic heterocycles. The second-order valence-corrected chi connectivity index (χ2v) is 6.66. The van der Waals surface area contributed by atoms with Crippen molar-refractivity contribution in [1.82, 2.24) is 19.7 Å². The monoisotopic (exact) mass is 374 g/mol. The van der Waals surface area contributed by atoms with E-state index in [9.17, 15) is 5.11 Å². The molecule has 3 heterocycles. The molecule has 4 aromatic rings. The lowest BCUT2D eigenvalue weighted by Gasteiger charge is -2.11. The van der Waals surface area contributed by atoms with E-state index in [4.69, 9.17) is 7.10 Å². The average Bonchev–Trinajstić information content (AvgIpc) is 3.17. The predicted molar refractivity (Wildman–Crippen MR) is 110 cm³/mol. The molecular formula is C22H23N5O. The maximum absolute atomic E-state index is 9.37. The van der Waals surface area contributed by atoms with Crippen LogP contribution in [0.2, 0.25) is 0 Å². The number of benzene rings is 1. The Morgan fingerprint density at radius 1 is 1.14 bits per heavy atom. The molecule has 0 amide bonds. The lowest BCUT2D eigenvalue weighted by atomic mass is 10.1. The van der Waals surface area contributed by atoms with E-state index in [1.165, 1.54) is 0 Å². The minimum Gasteiger partial charge on any atom is -0.390 e. The van der Waals surface area contributed by atoms with E-state index in [-0.39, 0.29) is 6.61 Å². The van der Waals surface area contributed by atoms with Crippen molar-refractivity contribution in [3.63, 3.8) is 0 Å². The molecule has 1 aromatic carbocycles. The number of aliphatic hydroxyl groups is 1. The van der Waals surface area contributed by atoms with Crippen LogP contribution in [0.25, 0.3) is 28.0 Å². The van der Waals surface area contributed by atoms with Gasteiger partial charge in [-0.15, -0.1) is 0 Å². The molecule has 6 nitrogen and oxygen atoms in total. The van der Waals surface area contributed by atoms with Crippen LogP contribution in [-0.4, -0.2) is 24.9 Å². The highest BCUT2D eigenvalue weighted by Crippen LogP contribution is 2.26. The topological polar surface area (TPSA) is 89.8 Å². The molecule has 4 rings (SSSR count). The fourth-order valence-corrected chi connectivity index (χ4v) is 3.20. The lowest BCUT2D eigenvalue weighted by Crippen LogP contribution is -2.11. The van der Waals surface area contributed by atoms with Crippen LogP contribution in [0.1, 0.15) is 38.5 Å². The Morgan fingerprint density at radius 3 is 2.82 bits per heavy atom. The van der Waals surface area contributed by atoms with Crippen molar-refractivity contribution in [2.24, 2.45) is 5.73 Å². The summed E-state index contributed by atoms with van der Waals surface area (Å²) in [6.07, 6.45) is 3.14. The molecule has 0 fully saturated rings. The van der Waals surface area contributed by atoms with Crippen molar-refractivity contribution in [3.05, 3.63) is 72.2 Å². The van der Waals surface area contributed by atoms with Crippen LogP contribution in [0.4, 0.5) is 0 Å². The van der Waals surface area contributed by atoms with Crippen molar-refractivity contribution in [2.45, 2.75) is 32.4 Å². The van der Waals surface area contributed by atoms with E-state index in [2.05, 4.69) is 15.1 Å². The highest BCUT2D eigenvalue weighted by Gasteiger charge is 2.11. The minimum atomic E-state index is -1.20. The molecule has 0 aliphatic rings. The number of hydrogen-bond acceptors (Lipinski definition) is 5. The van der Waals surface area contributed by atoms with Crippen LogP contribution in [0.15, 0.2) is 60.8 Å². The summed E-state index contributed by atoms with van der Waals surface area (Å²) in [5, 5.41) is 14.8. The van der Waals surface area contributed by atoms with Gasteiger partial charge in [-0.05, 0) is 36.8 Å². The fourth-order valence-electron chi connectivity index (χ4n) is 3.20. The number of aliphatic hydroxyl groups excluding tert-OH is 1. The lowest BCUT2D eigenvalue weighted by molar-refractivity contribution is 0.276. The Labute approximate surface area is 165 Å². The van der Waals surface area contributed by atoms with Gasteiger partial charge in [-0.25, -0.2) is 9.67 Å². The van der Waals surface area contributed by atoms with E-state index in [0.717, 1.165) is 28.6 Å².